The molecule has 0 radical (unpaired) electrons. The lowest BCUT2D eigenvalue weighted by molar-refractivity contribution is 0.250. The van der Waals surface area contributed by atoms with Gasteiger partial charge in [-0.1, -0.05) is 42.5 Å². The van der Waals surface area contributed by atoms with Gasteiger partial charge in [0.15, 0.2) is 11.5 Å². The van der Waals surface area contributed by atoms with Gasteiger partial charge in [0, 0.05) is 12.0 Å². The van der Waals surface area contributed by atoms with E-state index >= 15 is 0 Å². The SMILES string of the molecule is CCOc1cccc(CO)c1OCCc1ccccc1. The Bertz CT molecular complexity index is 523. The first-order valence-corrected chi connectivity index (χ1v) is 6.87. The fourth-order valence-corrected chi connectivity index (χ4v) is 2.03. The van der Waals surface area contributed by atoms with Crippen molar-refractivity contribution in [1.82, 2.24) is 0 Å². The minimum atomic E-state index is -0.0540. The summed E-state index contributed by atoms with van der Waals surface area (Å²) in [4.78, 5) is 0. The van der Waals surface area contributed by atoms with Gasteiger partial charge in [0.2, 0.25) is 0 Å². The molecule has 106 valence electrons. The first kappa shape index (κ1) is 14.4. The first-order chi connectivity index (χ1) is 9.85. The smallest absolute Gasteiger partial charge is 0.166 e. The van der Waals surface area contributed by atoms with Crippen LogP contribution < -0.4 is 9.47 Å². The maximum absolute atomic E-state index is 9.39. The number of hydrogen-bond donors (Lipinski definition) is 1. The molecule has 0 amide bonds. The third-order valence-corrected chi connectivity index (χ3v) is 3.01. The highest BCUT2D eigenvalue weighted by Crippen LogP contribution is 2.31. The summed E-state index contributed by atoms with van der Waals surface area (Å²) in [5, 5.41) is 9.39. The van der Waals surface area contributed by atoms with Crippen molar-refractivity contribution in [2.75, 3.05) is 13.2 Å². The molecule has 0 saturated heterocycles. The summed E-state index contributed by atoms with van der Waals surface area (Å²) in [5.74, 6) is 1.33. The maximum atomic E-state index is 9.39. The molecule has 1 N–H and O–H groups in total. The molecule has 0 bridgehead atoms. The second kappa shape index (κ2) is 7.56. The van der Waals surface area contributed by atoms with E-state index in [2.05, 4.69) is 12.1 Å². The standard InChI is InChI=1S/C17H20O3/c1-2-19-16-10-6-9-15(13-18)17(16)20-12-11-14-7-4-3-5-8-14/h3-10,18H,2,11-13H2,1H3. The van der Waals surface area contributed by atoms with E-state index < -0.39 is 0 Å². The lowest BCUT2D eigenvalue weighted by atomic mass is 10.1. The Labute approximate surface area is 119 Å². The number of rotatable bonds is 7. The van der Waals surface area contributed by atoms with Crippen LogP contribution in [0.2, 0.25) is 0 Å². The van der Waals surface area contributed by atoms with Crippen LogP contribution in [-0.4, -0.2) is 18.3 Å². The Morgan fingerprint density at radius 1 is 0.950 bits per heavy atom. The van der Waals surface area contributed by atoms with Crippen molar-refractivity contribution in [1.29, 1.82) is 0 Å². The van der Waals surface area contributed by atoms with Gasteiger partial charge in [-0.3, -0.25) is 0 Å². The monoisotopic (exact) mass is 272 g/mol. The van der Waals surface area contributed by atoms with E-state index in [4.69, 9.17) is 9.47 Å². The van der Waals surface area contributed by atoms with Crippen LogP contribution in [-0.2, 0) is 13.0 Å². The minimum absolute atomic E-state index is 0.0540. The molecule has 0 aliphatic carbocycles. The second-order valence-electron chi connectivity index (χ2n) is 4.42. The zero-order chi connectivity index (χ0) is 14.2. The summed E-state index contributed by atoms with van der Waals surface area (Å²) < 4.78 is 11.4. The third kappa shape index (κ3) is 3.75. The summed E-state index contributed by atoms with van der Waals surface area (Å²) >= 11 is 0. The van der Waals surface area contributed by atoms with E-state index in [1.807, 2.05) is 43.3 Å². The molecular weight excluding hydrogens is 252 g/mol. The minimum Gasteiger partial charge on any atom is -0.490 e. The molecule has 0 spiro atoms. The normalized spacial score (nSPS) is 10.3. The highest BCUT2D eigenvalue weighted by molar-refractivity contribution is 5.46. The predicted molar refractivity (Wildman–Crippen MR) is 79.2 cm³/mol. The van der Waals surface area contributed by atoms with Gasteiger partial charge in [-0.05, 0) is 18.6 Å². The van der Waals surface area contributed by atoms with Crippen molar-refractivity contribution in [3.8, 4) is 11.5 Å². The molecule has 3 nitrogen and oxygen atoms in total. The average Bonchev–Trinajstić information content (AvgIpc) is 2.50. The zero-order valence-electron chi connectivity index (χ0n) is 11.7. The number of hydrogen-bond acceptors (Lipinski definition) is 3. The van der Waals surface area contributed by atoms with Crippen molar-refractivity contribution >= 4 is 0 Å². The molecule has 20 heavy (non-hydrogen) atoms. The Hall–Kier alpha value is -2.00. The van der Waals surface area contributed by atoms with E-state index in [1.165, 1.54) is 5.56 Å². The average molecular weight is 272 g/mol. The van der Waals surface area contributed by atoms with Crippen molar-refractivity contribution in [2.24, 2.45) is 0 Å². The van der Waals surface area contributed by atoms with E-state index in [0.29, 0.717) is 24.7 Å². The van der Waals surface area contributed by atoms with Crippen LogP contribution in [0, 0.1) is 0 Å². The molecule has 2 aromatic rings. The van der Waals surface area contributed by atoms with Crippen LogP contribution in [0.1, 0.15) is 18.1 Å². The number of benzene rings is 2. The highest BCUT2D eigenvalue weighted by atomic mass is 16.5. The molecule has 2 aromatic carbocycles. The fourth-order valence-electron chi connectivity index (χ4n) is 2.03. The molecule has 0 aliphatic rings. The highest BCUT2D eigenvalue weighted by Gasteiger charge is 2.10. The lowest BCUT2D eigenvalue weighted by Gasteiger charge is -2.15. The van der Waals surface area contributed by atoms with Crippen LogP contribution in [0.4, 0.5) is 0 Å². The Kier molecular flexibility index (Phi) is 5.44. The van der Waals surface area contributed by atoms with E-state index in [-0.39, 0.29) is 6.61 Å². The Morgan fingerprint density at radius 2 is 1.75 bits per heavy atom. The second-order valence-corrected chi connectivity index (χ2v) is 4.42. The topological polar surface area (TPSA) is 38.7 Å². The molecule has 0 aromatic heterocycles. The summed E-state index contributed by atoms with van der Waals surface area (Å²) in [6.45, 7) is 3.01. The zero-order valence-corrected chi connectivity index (χ0v) is 11.7. The largest absolute Gasteiger partial charge is 0.490 e. The predicted octanol–water partition coefficient (Wildman–Crippen LogP) is 3.20. The number of para-hydroxylation sites is 1. The van der Waals surface area contributed by atoms with Gasteiger partial charge < -0.3 is 14.6 Å². The van der Waals surface area contributed by atoms with E-state index in [9.17, 15) is 5.11 Å². The van der Waals surface area contributed by atoms with Gasteiger partial charge in [-0.15, -0.1) is 0 Å². The van der Waals surface area contributed by atoms with E-state index in [0.717, 1.165) is 12.0 Å². The molecular formula is C17H20O3. The van der Waals surface area contributed by atoms with Gasteiger partial charge in [-0.2, -0.15) is 0 Å². The number of aliphatic hydroxyl groups excluding tert-OH is 1. The quantitative estimate of drug-likeness (QED) is 0.841. The fraction of sp³-hybridized carbons (Fsp3) is 0.294. The molecule has 0 unspecified atom stereocenters. The lowest BCUT2D eigenvalue weighted by Crippen LogP contribution is -2.06. The molecule has 2 rings (SSSR count). The van der Waals surface area contributed by atoms with Crippen LogP contribution in [0.25, 0.3) is 0 Å². The summed E-state index contributed by atoms with van der Waals surface area (Å²) in [7, 11) is 0. The third-order valence-electron chi connectivity index (χ3n) is 3.01. The summed E-state index contributed by atoms with van der Waals surface area (Å²) in [6, 6.07) is 15.8. The van der Waals surface area contributed by atoms with Crippen molar-refractivity contribution < 1.29 is 14.6 Å². The van der Waals surface area contributed by atoms with Crippen molar-refractivity contribution in [3.63, 3.8) is 0 Å². The molecule has 3 heteroatoms. The number of ether oxygens (including phenoxy) is 2. The molecule has 0 heterocycles. The molecule has 0 aliphatic heterocycles. The van der Waals surface area contributed by atoms with Crippen LogP contribution in [0.15, 0.2) is 48.5 Å². The Balaban J connectivity index is 2.04. The summed E-state index contributed by atoms with van der Waals surface area (Å²) in [6.07, 6.45) is 0.826. The van der Waals surface area contributed by atoms with Crippen LogP contribution in [0.3, 0.4) is 0 Å². The first-order valence-electron chi connectivity index (χ1n) is 6.87. The van der Waals surface area contributed by atoms with Gasteiger partial charge in [0.25, 0.3) is 0 Å². The molecule has 0 saturated carbocycles. The summed E-state index contributed by atoms with van der Waals surface area (Å²) in [5.41, 5.74) is 1.98. The Morgan fingerprint density at radius 3 is 2.45 bits per heavy atom. The van der Waals surface area contributed by atoms with Crippen molar-refractivity contribution in [3.05, 3.63) is 59.7 Å². The van der Waals surface area contributed by atoms with Crippen molar-refractivity contribution in [2.45, 2.75) is 20.0 Å². The van der Waals surface area contributed by atoms with Gasteiger partial charge in [0.1, 0.15) is 0 Å². The maximum Gasteiger partial charge on any atom is 0.166 e. The van der Waals surface area contributed by atoms with Gasteiger partial charge >= 0.3 is 0 Å². The molecule has 0 fully saturated rings. The van der Waals surface area contributed by atoms with Gasteiger partial charge in [-0.25, -0.2) is 0 Å². The van der Waals surface area contributed by atoms with Crippen LogP contribution in [0.5, 0.6) is 11.5 Å². The van der Waals surface area contributed by atoms with Gasteiger partial charge in [0.05, 0.1) is 19.8 Å². The van der Waals surface area contributed by atoms with E-state index in [1.54, 1.807) is 0 Å². The van der Waals surface area contributed by atoms with Crippen LogP contribution >= 0.6 is 0 Å². The number of aliphatic hydroxyl groups is 1. The molecule has 0 atom stereocenters.